The van der Waals surface area contributed by atoms with Crippen LogP contribution in [-0.2, 0) is 9.53 Å². The molecule has 4 nitrogen and oxygen atoms in total. The van der Waals surface area contributed by atoms with Crippen LogP contribution in [0.25, 0.3) is 0 Å². The lowest BCUT2D eigenvalue weighted by atomic mass is 10.1. The molecule has 1 aliphatic heterocycles. The fraction of sp³-hybridized carbons (Fsp3) is 0.909. The minimum Gasteiger partial charge on any atom is -0.389 e. The van der Waals surface area contributed by atoms with Crippen molar-refractivity contribution >= 4 is 5.91 Å². The van der Waals surface area contributed by atoms with Gasteiger partial charge < -0.3 is 14.7 Å². The minimum absolute atomic E-state index is 0.0454. The standard InChI is InChI=1S/C11H21NO3/c1-11(2,14)8-12(3)10(13)7-9-5-4-6-15-9/h9,14H,4-8H2,1-3H3. The fourth-order valence-corrected chi connectivity index (χ4v) is 1.82. The van der Waals surface area contributed by atoms with E-state index in [4.69, 9.17) is 4.74 Å². The first-order valence-electron chi connectivity index (χ1n) is 5.46. The van der Waals surface area contributed by atoms with Gasteiger partial charge in [-0.3, -0.25) is 4.79 Å². The summed E-state index contributed by atoms with van der Waals surface area (Å²) in [6, 6.07) is 0. The zero-order valence-corrected chi connectivity index (χ0v) is 9.82. The van der Waals surface area contributed by atoms with Crippen LogP contribution < -0.4 is 0 Å². The lowest BCUT2D eigenvalue weighted by Crippen LogP contribution is -2.40. The van der Waals surface area contributed by atoms with Crippen molar-refractivity contribution in [1.29, 1.82) is 0 Å². The van der Waals surface area contributed by atoms with Gasteiger partial charge in [-0.2, -0.15) is 0 Å². The van der Waals surface area contributed by atoms with Gasteiger partial charge >= 0.3 is 0 Å². The van der Waals surface area contributed by atoms with Gasteiger partial charge in [0.1, 0.15) is 0 Å². The van der Waals surface area contributed by atoms with Crippen molar-refractivity contribution in [3.05, 3.63) is 0 Å². The van der Waals surface area contributed by atoms with E-state index in [2.05, 4.69) is 0 Å². The van der Waals surface area contributed by atoms with Crippen LogP contribution in [0.2, 0.25) is 0 Å². The third-order valence-electron chi connectivity index (χ3n) is 2.48. The average molecular weight is 215 g/mol. The summed E-state index contributed by atoms with van der Waals surface area (Å²) in [5, 5.41) is 9.57. The predicted octanol–water partition coefficient (Wildman–Crippen LogP) is 0.785. The number of likely N-dealkylation sites (N-methyl/N-ethyl adjacent to an activating group) is 1. The van der Waals surface area contributed by atoms with Crippen molar-refractivity contribution in [2.75, 3.05) is 20.2 Å². The van der Waals surface area contributed by atoms with E-state index in [1.165, 1.54) is 0 Å². The molecule has 0 aromatic rings. The number of amides is 1. The summed E-state index contributed by atoms with van der Waals surface area (Å²) in [6.07, 6.45) is 2.55. The zero-order chi connectivity index (χ0) is 11.5. The Hall–Kier alpha value is -0.610. The van der Waals surface area contributed by atoms with E-state index >= 15 is 0 Å². The van der Waals surface area contributed by atoms with Crippen molar-refractivity contribution in [3.8, 4) is 0 Å². The summed E-state index contributed by atoms with van der Waals surface area (Å²) in [7, 11) is 1.72. The summed E-state index contributed by atoms with van der Waals surface area (Å²) in [5.41, 5.74) is -0.832. The van der Waals surface area contributed by atoms with Crippen LogP contribution in [0.5, 0.6) is 0 Å². The van der Waals surface area contributed by atoms with E-state index in [1.54, 1.807) is 25.8 Å². The van der Waals surface area contributed by atoms with Crippen LogP contribution in [0, 0.1) is 0 Å². The quantitative estimate of drug-likeness (QED) is 0.754. The van der Waals surface area contributed by atoms with Crippen molar-refractivity contribution < 1.29 is 14.6 Å². The molecule has 0 aromatic heterocycles. The van der Waals surface area contributed by atoms with Crippen molar-refractivity contribution in [3.63, 3.8) is 0 Å². The first-order valence-corrected chi connectivity index (χ1v) is 5.46. The number of carbonyl (C=O) groups is 1. The first-order chi connectivity index (χ1) is 6.88. The number of nitrogens with zero attached hydrogens (tertiary/aromatic N) is 1. The number of ether oxygens (including phenoxy) is 1. The van der Waals surface area contributed by atoms with E-state index in [9.17, 15) is 9.90 Å². The summed E-state index contributed by atoms with van der Waals surface area (Å²) >= 11 is 0. The molecule has 1 aliphatic rings. The molecule has 88 valence electrons. The molecule has 1 unspecified atom stereocenters. The van der Waals surface area contributed by atoms with Crippen LogP contribution in [0.4, 0.5) is 0 Å². The Morgan fingerprint density at radius 3 is 2.73 bits per heavy atom. The molecule has 1 saturated heterocycles. The summed E-state index contributed by atoms with van der Waals surface area (Å²) in [4.78, 5) is 13.3. The largest absolute Gasteiger partial charge is 0.389 e. The minimum atomic E-state index is -0.832. The van der Waals surface area contributed by atoms with Gasteiger partial charge in [-0.1, -0.05) is 0 Å². The van der Waals surface area contributed by atoms with Gasteiger partial charge in [0.05, 0.1) is 18.1 Å². The highest BCUT2D eigenvalue weighted by atomic mass is 16.5. The lowest BCUT2D eigenvalue weighted by Gasteiger charge is -2.26. The Balaban J connectivity index is 2.32. The van der Waals surface area contributed by atoms with E-state index in [0.29, 0.717) is 13.0 Å². The Labute approximate surface area is 91.2 Å². The van der Waals surface area contributed by atoms with Gasteiger partial charge in [-0.05, 0) is 26.7 Å². The Bertz CT molecular complexity index is 216. The number of carbonyl (C=O) groups excluding carboxylic acids is 1. The summed E-state index contributed by atoms with van der Waals surface area (Å²) < 4.78 is 5.39. The summed E-state index contributed by atoms with van der Waals surface area (Å²) in [5.74, 6) is 0.0454. The van der Waals surface area contributed by atoms with Crippen molar-refractivity contribution in [2.24, 2.45) is 0 Å². The van der Waals surface area contributed by atoms with Crippen molar-refractivity contribution in [2.45, 2.75) is 44.8 Å². The van der Waals surface area contributed by atoms with Gasteiger partial charge in [0, 0.05) is 20.2 Å². The molecular formula is C11H21NO3. The van der Waals surface area contributed by atoms with E-state index in [1.807, 2.05) is 0 Å². The third kappa shape index (κ3) is 4.62. The number of hydrogen-bond acceptors (Lipinski definition) is 3. The second-order valence-electron chi connectivity index (χ2n) is 4.90. The molecule has 0 aliphatic carbocycles. The highest BCUT2D eigenvalue weighted by Gasteiger charge is 2.24. The van der Waals surface area contributed by atoms with Gasteiger partial charge in [-0.25, -0.2) is 0 Å². The summed E-state index contributed by atoms with van der Waals surface area (Å²) in [6.45, 7) is 4.53. The normalized spacial score (nSPS) is 21.7. The molecule has 0 radical (unpaired) electrons. The Kier molecular flexibility index (Phi) is 4.11. The fourth-order valence-electron chi connectivity index (χ4n) is 1.82. The molecule has 1 rings (SSSR count). The molecule has 1 amide bonds. The molecule has 4 heteroatoms. The molecule has 1 fully saturated rings. The van der Waals surface area contributed by atoms with Crippen LogP contribution >= 0.6 is 0 Å². The van der Waals surface area contributed by atoms with Crippen LogP contribution in [-0.4, -0.2) is 47.8 Å². The average Bonchev–Trinajstić information content (AvgIpc) is 2.53. The second kappa shape index (κ2) is 4.94. The zero-order valence-electron chi connectivity index (χ0n) is 9.82. The van der Waals surface area contributed by atoms with E-state index in [0.717, 1.165) is 19.4 Å². The predicted molar refractivity (Wildman–Crippen MR) is 57.5 cm³/mol. The molecule has 1 atom stereocenters. The second-order valence-corrected chi connectivity index (χ2v) is 4.90. The maximum atomic E-state index is 11.7. The van der Waals surface area contributed by atoms with Crippen LogP contribution in [0.3, 0.4) is 0 Å². The van der Waals surface area contributed by atoms with Gasteiger partial charge in [0.25, 0.3) is 0 Å². The third-order valence-corrected chi connectivity index (χ3v) is 2.48. The van der Waals surface area contributed by atoms with Gasteiger partial charge in [0.15, 0.2) is 0 Å². The highest BCUT2D eigenvalue weighted by Crippen LogP contribution is 2.16. The van der Waals surface area contributed by atoms with Gasteiger partial charge in [0.2, 0.25) is 5.91 Å². The van der Waals surface area contributed by atoms with E-state index < -0.39 is 5.60 Å². The molecule has 0 aromatic carbocycles. The molecule has 0 saturated carbocycles. The molecule has 0 spiro atoms. The molecule has 0 bridgehead atoms. The number of rotatable bonds is 4. The first kappa shape index (κ1) is 12.5. The molecular weight excluding hydrogens is 194 g/mol. The molecule has 15 heavy (non-hydrogen) atoms. The van der Waals surface area contributed by atoms with Crippen LogP contribution in [0.15, 0.2) is 0 Å². The maximum absolute atomic E-state index is 11.7. The molecule has 1 heterocycles. The number of hydrogen-bond donors (Lipinski definition) is 1. The van der Waals surface area contributed by atoms with Crippen molar-refractivity contribution in [1.82, 2.24) is 4.90 Å². The lowest BCUT2D eigenvalue weighted by molar-refractivity contribution is -0.134. The monoisotopic (exact) mass is 215 g/mol. The van der Waals surface area contributed by atoms with Gasteiger partial charge in [-0.15, -0.1) is 0 Å². The maximum Gasteiger partial charge on any atom is 0.225 e. The SMILES string of the molecule is CN(CC(C)(C)O)C(=O)CC1CCCO1. The Morgan fingerprint density at radius 1 is 1.60 bits per heavy atom. The van der Waals surface area contributed by atoms with E-state index in [-0.39, 0.29) is 12.0 Å². The highest BCUT2D eigenvalue weighted by molar-refractivity contribution is 5.76. The molecule has 1 N–H and O–H groups in total. The Morgan fingerprint density at radius 2 is 2.27 bits per heavy atom. The topological polar surface area (TPSA) is 49.8 Å². The van der Waals surface area contributed by atoms with Crippen LogP contribution in [0.1, 0.15) is 33.1 Å². The smallest absolute Gasteiger partial charge is 0.225 e. The number of aliphatic hydroxyl groups is 1.